The number of nitrogens with zero attached hydrogens (tertiary/aromatic N) is 1. The maximum Gasteiger partial charge on any atom is 0.271 e. The normalized spacial score (nSPS) is 29.0. The number of nitrogens with one attached hydrogen (secondary N) is 1. The van der Waals surface area contributed by atoms with E-state index in [0.29, 0.717) is 0 Å². The second kappa shape index (κ2) is 4.53. The Bertz CT molecular complexity index is 466. The molecule has 1 aromatic heterocycles. The first kappa shape index (κ1) is 11.4. The summed E-state index contributed by atoms with van der Waals surface area (Å²) in [6.45, 7) is 0. The number of hydrogen-bond donors (Lipinski definition) is 2. The monoisotopic (exact) mass is 254 g/mol. The average Bonchev–Trinajstić information content (AvgIpc) is 2.81. The third-order valence-electron chi connectivity index (χ3n) is 3.87. The van der Waals surface area contributed by atoms with Gasteiger partial charge in [0.25, 0.3) is 5.56 Å². The number of H-pyrrole nitrogens is 1. The van der Waals surface area contributed by atoms with Crippen molar-refractivity contribution in [1.29, 1.82) is 0 Å². The summed E-state index contributed by atoms with van der Waals surface area (Å²) in [5.74, 6) is 1.72. The number of aliphatic hydroxyl groups is 1. The van der Waals surface area contributed by atoms with Crippen LogP contribution < -0.4 is 5.56 Å². The van der Waals surface area contributed by atoms with Gasteiger partial charge in [0, 0.05) is 11.5 Å². The summed E-state index contributed by atoms with van der Waals surface area (Å²) in [7, 11) is 0. The molecule has 4 nitrogen and oxygen atoms in total. The Kier molecular flexibility index (Phi) is 3.04. The molecule has 3 rings (SSSR count). The third kappa shape index (κ3) is 1.95. The first-order chi connectivity index (χ1) is 8.27. The first-order valence-corrected chi connectivity index (χ1v) is 7.51. The lowest BCUT2D eigenvalue weighted by Crippen LogP contribution is -2.31. The molecule has 1 aliphatic heterocycles. The highest BCUT2D eigenvalue weighted by Crippen LogP contribution is 2.30. The predicted molar refractivity (Wildman–Crippen MR) is 68.2 cm³/mol. The lowest BCUT2D eigenvalue weighted by molar-refractivity contribution is 0.0972. The second-order valence-corrected chi connectivity index (χ2v) is 6.00. The van der Waals surface area contributed by atoms with Crippen LogP contribution >= 0.6 is 11.8 Å². The van der Waals surface area contributed by atoms with Gasteiger partial charge in [-0.05, 0) is 12.8 Å². The van der Waals surface area contributed by atoms with Gasteiger partial charge in [0.15, 0.2) is 0 Å². The van der Waals surface area contributed by atoms with Crippen molar-refractivity contribution in [1.82, 2.24) is 9.78 Å². The van der Waals surface area contributed by atoms with Crippen LogP contribution in [0.1, 0.15) is 49.4 Å². The third-order valence-corrected chi connectivity index (χ3v) is 4.85. The van der Waals surface area contributed by atoms with Crippen LogP contribution in [0.2, 0.25) is 0 Å². The van der Waals surface area contributed by atoms with Crippen molar-refractivity contribution in [3.8, 4) is 0 Å². The zero-order chi connectivity index (χ0) is 11.8. The van der Waals surface area contributed by atoms with Crippen LogP contribution in [0.3, 0.4) is 0 Å². The molecule has 5 heteroatoms. The van der Waals surface area contributed by atoms with Crippen LogP contribution in [-0.2, 0) is 11.5 Å². The van der Waals surface area contributed by atoms with Crippen LogP contribution in [0.5, 0.6) is 0 Å². The fourth-order valence-corrected chi connectivity index (χ4v) is 3.91. The van der Waals surface area contributed by atoms with Crippen molar-refractivity contribution < 1.29 is 5.11 Å². The fraction of sp³-hybridized carbons (Fsp3) is 0.750. The summed E-state index contributed by atoms with van der Waals surface area (Å²) in [6, 6.07) is -0.0411. The summed E-state index contributed by atoms with van der Waals surface area (Å²) >= 11 is 1.78. The molecule has 94 valence electrons. The highest BCUT2D eigenvalue weighted by molar-refractivity contribution is 7.98. The van der Waals surface area contributed by atoms with E-state index in [9.17, 15) is 9.90 Å². The molecule has 0 amide bonds. The summed E-state index contributed by atoms with van der Waals surface area (Å²) < 4.78 is 1.69. The van der Waals surface area contributed by atoms with E-state index in [1.807, 2.05) is 0 Å². The summed E-state index contributed by atoms with van der Waals surface area (Å²) in [4.78, 5) is 12.2. The Hall–Kier alpha value is -0.680. The van der Waals surface area contributed by atoms with Crippen molar-refractivity contribution >= 4 is 11.8 Å². The quantitative estimate of drug-likeness (QED) is 0.751. The zero-order valence-electron chi connectivity index (χ0n) is 9.82. The van der Waals surface area contributed by atoms with E-state index in [-0.39, 0.29) is 17.7 Å². The van der Waals surface area contributed by atoms with Crippen molar-refractivity contribution in [3.05, 3.63) is 21.6 Å². The topological polar surface area (TPSA) is 58.0 Å². The Balaban J connectivity index is 1.95. The molecule has 2 unspecified atom stereocenters. The molecule has 0 aromatic carbocycles. The molecular formula is C12H18N2O2S. The highest BCUT2D eigenvalue weighted by atomic mass is 32.2. The Morgan fingerprint density at radius 1 is 1.24 bits per heavy atom. The number of hydrogen-bond acceptors (Lipinski definition) is 3. The van der Waals surface area contributed by atoms with Gasteiger partial charge in [-0.15, -0.1) is 0 Å². The molecule has 17 heavy (non-hydrogen) atoms. The van der Waals surface area contributed by atoms with E-state index < -0.39 is 0 Å². The van der Waals surface area contributed by atoms with E-state index in [0.717, 1.165) is 48.4 Å². The highest BCUT2D eigenvalue weighted by Gasteiger charge is 2.28. The number of thioether (sulfide) groups is 1. The standard InChI is InChI=1S/C12H18N2O2S/c15-11-5-3-1-2-4-10(11)14-12(16)8-6-17-7-9(8)13-14/h10-11,13,15H,1-7H2. The lowest BCUT2D eigenvalue weighted by Gasteiger charge is -2.21. The molecule has 1 aromatic rings. The van der Waals surface area contributed by atoms with Gasteiger partial charge in [-0.25, -0.2) is 4.68 Å². The van der Waals surface area contributed by atoms with Crippen molar-refractivity contribution in [2.24, 2.45) is 0 Å². The molecule has 2 atom stereocenters. The molecule has 2 heterocycles. The predicted octanol–water partition coefficient (Wildman–Crippen LogP) is 1.79. The molecule has 0 radical (unpaired) electrons. The van der Waals surface area contributed by atoms with Gasteiger partial charge in [0.1, 0.15) is 0 Å². The summed E-state index contributed by atoms with van der Waals surface area (Å²) in [6.07, 6.45) is 4.69. The number of aliphatic hydroxyl groups excluding tert-OH is 1. The maximum absolute atomic E-state index is 12.2. The van der Waals surface area contributed by atoms with E-state index in [1.54, 1.807) is 16.4 Å². The Labute approximate surface area is 104 Å². The lowest BCUT2D eigenvalue weighted by atomic mass is 10.1. The zero-order valence-corrected chi connectivity index (χ0v) is 10.6. The minimum Gasteiger partial charge on any atom is -0.391 e. The molecule has 1 saturated carbocycles. The van der Waals surface area contributed by atoms with Gasteiger partial charge in [-0.2, -0.15) is 11.8 Å². The van der Waals surface area contributed by atoms with Crippen molar-refractivity contribution in [3.63, 3.8) is 0 Å². The molecule has 1 aliphatic carbocycles. The minimum atomic E-state index is -0.373. The fourth-order valence-electron chi connectivity index (χ4n) is 2.86. The molecule has 0 saturated heterocycles. The molecule has 0 bridgehead atoms. The Morgan fingerprint density at radius 2 is 2.06 bits per heavy atom. The molecule has 2 N–H and O–H groups in total. The number of aromatic nitrogens is 2. The molecule has 0 spiro atoms. The number of rotatable bonds is 1. The van der Waals surface area contributed by atoms with E-state index in [1.165, 1.54) is 6.42 Å². The van der Waals surface area contributed by atoms with Gasteiger partial charge < -0.3 is 5.11 Å². The largest absolute Gasteiger partial charge is 0.391 e. The van der Waals surface area contributed by atoms with Crippen LogP contribution in [0.25, 0.3) is 0 Å². The van der Waals surface area contributed by atoms with Crippen LogP contribution in [0, 0.1) is 0 Å². The first-order valence-electron chi connectivity index (χ1n) is 6.35. The van der Waals surface area contributed by atoms with Gasteiger partial charge in [0.2, 0.25) is 0 Å². The smallest absolute Gasteiger partial charge is 0.271 e. The summed E-state index contributed by atoms with van der Waals surface area (Å²) in [5, 5.41) is 13.3. The van der Waals surface area contributed by atoms with Gasteiger partial charge in [-0.3, -0.25) is 9.89 Å². The van der Waals surface area contributed by atoms with Gasteiger partial charge in [-0.1, -0.05) is 19.3 Å². The van der Waals surface area contributed by atoms with Crippen LogP contribution in [0.4, 0.5) is 0 Å². The van der Waals surface area contributed by atoms with Gasteiger partial charge >= 0.3 is 0 Å². The number of aromatic amines is 1. The maximum atomic E-state index is 12.2. The van der Waals surface area contributed by atoms with E-state index >= 15 is 0 Å². The minimum absolute atomic E-state index is 0.0411. The SMILES string of the molecule is O=c1c2c([nH]n1C1CCCCCC1O)CSC2. The average molecular weight is 254 g/mol. The van der Waals surface area contributed by atoms with Crippen molar-refractivity contribution in [2.45, 2.75) is 55.8 Å². The van der Waals surface area contributed by atoms with Gasteiger partial charge in [0.05, 0.1) is 23.4 Å². The second-order valence-electron chi connectivity index (χ2n) is 5.01. The summed E-state index contributed by atoms with van der Waals surface area (Å²) in [5.41, 5.74) is 2.08. The Morgan fingerprint density at radius 3 is 2.88 bits per heavy atom. The van der Waals surface area contributed by atoms with Crippen LogP contribution in [-0.4, -0.2) is 21.0 Å². The molecular weight excluding hydrogens is 236 g/mol. The van der Waals surface area contributed by atoms with E-state index in [2.05, 4.69) is 5.10 Å². The van der Waals surface area contributed by atoms with Crippen LogP contribution in [0.15, 0.2) is 4.79 Å². The number of fused-ring (bicyclic) bond motifs is 1. The van der Waals surface area contributed by atoms with Crippen molar-refractivity contribution in [2.75, 3.05) is 0 Å². The molecule has 1 fully saturated rings. The van der Waals surface area contributed by atoms with E-state index in [4.69, 9.17) is 0 Å². The molecule has 2 aliphatic rings.